The number of nitrogens with zero attached hydrogens (tertiary/aromatic N) is 1. The third-order valence-corrected chi connectivity index (χ3v) is 3.03. The maximum Gasteiger partial charge on any atom is 0.0838 e. The second-order valence-corrected chi connectivity index (χ2v) is 4.54. The van der Waals surface area contributed by atoms with E-state index in [0.717, 1.165) is 28.0 Å². The van der Waals surface area contributed by atoms with Crippen LogP contribution in [0.5, 0.6) is 0 Å². The molecule has 19 heavy (non-hydrogen) atoms. The van der Waals surface area contributed by atoms with Gasteiger partial charge >= 0.3 is 0 Å². The van der Waals surface area contributed by atoms with E-state index in [9.17, 15) is 0 Å². The molecule has 2 rings (SSSR count). The molecule has 0 aromatic heterocycles. The highest BCUT2D eigenvalue weighted by atomic mass is 15.1. The van der Waals surface area contributed by atoms with Crippen LogP contribution in [0.3, 0.4) is 0 Å². The van der Waals surface area contributed by atoms with Crippen molar-refractivity contribution in [3.8, 4) is 0 Å². The molecule has 92 valence electrons. The van der Waals surface area contributed by atoms with Crippen molar-refractivity contribution < 1.29 is 0 Å². The van der Waals surface area contributed by atoms with Crippen LogP contribution >= 0.6 is 0 Å². The summed E-state index contributed by atoms with van der Waals surface area (Å²) in [7, 11) is 3.84. The van der Waals surface area contributed by atoms with Crippen LogP contribution in [0.2, 0.25) is 0 Å². The van der Waals surface area contributed by atoms with Crippen LogP contribution < -0.4 is 0 Å². The largest absolute Gasteiger partial charge is 0.371 e. The SMILES string of the molecule is [C]=C=C(C(C)=C(C1=C=CC=C1)C1=C=CC=C1)N(C)C. The molecule has 0 unspecified atom stereocenters. The maximum atomic E-state index is 7.48. The van der Waals surface area contributed by atoms with Gasteiger partial charge in [-0.3, -0.25) is 0 Å². The van der Waals surface area contributed by atoms with Crippen molar-refractivity contribution >= 4 is 0 Å². The zero-order valence-electron chi connectivity index (χ0n) is 11.4. The smallest absolute Gasteiger partial charge is 0.0838 e. The quantitative estimate of drug-likeness (QED) is 0.541. The van der Waals surface area contributed by atoms with Crippen molar-refractivity contribution in [2.75, 3.05) is 14.1 Å². The topological polar surface area (TPSA) is 3.24 Å². The zero-order valence-corrected chi connectivity index (χ0v) is 11.4. The molecule has 0 saturated carbocycles. The Morgan fingerprint density at radius 3 is 1.95 bits per heavy atom. The van der Waals surface area contributed by atoms with E-state index in [0.29, 0.717) is 0 Å². The number of allylic oxidation sites excluding steroid dienone is 8. The lowest BCUT2D eigenvalue weighted by Gasteiger charge is -2.19. The highest BCUT2D eigenvalue weighted by Crippen LogP contribution is 2.30. The summed E-state index contributed by atoms with van der Waals surface area (Å²) in [5.41, 5.74) is 13.8. The Bertz CT molecular complexity index is 631. The second kappa shape index (κ2) is 5.48. The summed E-state index contributed by atoms with van der Waals surface area (Å²) in [6, 6.07) is 0. The molecule has 0 heterocycles. The Hall–Kier alpha value is -2.42. The Kier molecular flexibility index (Phi) is 3.76. The van der Waals surface area contributed by atoms with Crippen LogP contribution in [0.1, 0.15) is 6.92 Å². The van der Waals surface area contributed by atoms with Gasteiger partial charge in [-0.05, 0) is 36.8 Å². The highest BCUT2D eigenvalue weighted by molar-refractivity contribution is 5.63. The Morgan fingerprint density at radius 2 is 1.63 bits per heavy atom. The van der Waals surface area contributed by atoms with Gasteiger partial charge in [0.15, 0.2) is 0 Å². The van der Waals surface area contributed by atoms with Crippen LogP contribution in [-0.2, 0) is 0 Å². The van der Waals surface area contributed by atoms with Gasteiger partial charge < -0.3 is 4.90 Å². The molecule has 2 aliphatic carbocycles. The molecule has 0 amide bonds. The fourth-order valence-electron chi connectivity index (χ4n) is 2.18. The minimum Gasteiger partial charge on any atom is -0.371 e. The van der Waals surface area contributed by atoms with E-state index >= 15 is 0 Å². The first-order valence-electron chi connectivity index (χ1n) is 6.11. The zero-order chi connectivity index (χ0) is 13.8. The van der Waals surface area contributed by atoms with Crippen molar-refractivity contribution in [1.29, 1.82) is 0 Å². The minimum atomic E-state index is 0.763. The van der Waals surface area contributed by atoms with E-state index in [1.165, 1.54) is 0 Å². The van der Waals surface area contributed by atoms with Gasteiger partial charge in [-0.2, -0.15) is 0 Å². The standard InChI is InChI=1S/C18H15N/c1-5-17(19(3)4)14(2)18(15-10-6-7-11-15)16-12-8-9-13-16/h6-10,12H,2-4H3. The van der Waals surface area contributed by atoms with Crippen molar-refractivity contribution in [2.24, 2.45) is 0 Å². The summed E-state index contributed by atoms with van der Waals surface area (Å²) in [6.07, 6.45) is 11.8. The molecule has 0 aliphatic heterocycles. The average molecular weight is 245 g/mol. The third-order valence-electron chi connectivity index (χ3n) is 3.03. The van der Waals surface area contributed by atoms with E-state index < -0.39 is 0 Å². The summed E-state index contributed by atoms with van der Waals surface area (Å²) in [6.45, 7) is 9.49. The van der Waals surface area contributed by atoms with Crippen molar-refractivity contribution in [2.45, 2.75) is 6.92 Å². The van der Waals surface area contributed by atoms with Crippen LogP contribution in [0, 0.1) is 6.58 Å². The lowest BCUT2D eigenvalue weighted by atomic mass is 9.93. The molecule has 0 bridgehead atoms. The first kappa shape index (κ1) is 13.0. The van der Waals surface area contributed by atoms with Crippen molar-refractivity contribution in [3.63, 3.8) is 0 Å². The van der Waals surface area contributed by atoms with E-state index in [1.807, 2.05) is 62.4 Å². The monoisotopic (exact) mass is 245 g/mol. The predicted molar refractivity (Wildman–Crippen MR) is 78.1 cm³/mol. The van der Waals surface area contributed by atoms with Crippen molar-refractivity contribution in [3.05, 3.63) is 88.2 Å². The molecule has 0 aromatic carbocycles. The number of likely N-dealkylation sites (N-methyl/N-ethyl adjacent to an activating group) is 1. The van der Waals surface area contributed by atoms with Crippen LogP contribution in [-0.4, -0.2) is 19.0 Å². The summed E-state index contributed by atoms with van der Waals surface area (Å²) >= 11 is 0. The summed E-state index contributed by atoms with van der Waals surface area (Å²) < 4.78 is 0. The van der Waals surface area contributed by atoms with Crippen LogP contribution in [0.25, 0.3) is 0 Å². The third kappa shape index (κ3) is 2.55. The van der Waals surface area contributed by atoms with Gasteiger partial charge in [0, 0.05) is 30.8 Å². The molecule has 0 spiro atoms. The van der Waals surface area contributed by atoms with E-state index in [2.05, 4.69) is 17.2 Å². The molecule has 0 atom stereocenters. The minimum absolute atomic E-state index is 0.763. The van der Waals surface area contributed by atoms with Crippen LogP contribution in [0.15, 0.2) is 81.6 Å². The molecular formula is C18H15N. The normalized spacial score (nSPS) is 14.3. The fourth-order valence-corrected chi connectivity index (χ4v) is 2.18. The lowest BCUT2D eigenvalue weighted by Crippen LogP contribution is -2.13. The molecule has 2 radical (unpaired) electrons. The Balaban J connectivity index is 2.64. The van der Waals surface area contributed by atoms with E-state index in [-0.39, 0.29) is 0 Å². The summed E-state index contributed by atoms with van der Waals surface area (Å²) in [4.78, 5) is 1.90. The molecule has 1 nitrogen and oxygen atoms in total. The highest BCUT2D eigenvalue weighted by Gasteiger charge is 2.16. The molecular weight excluding hydrogens is 230 g/mol. The fraction of sp³-hybridized carbons (Fsp3) is 0.167. The molecule has 0 fully saturated rings. The van der Waals surface area contributed by atoms with Gasteiger partial charge in [-0.15, -0.1) is 11.5 Å². The predicted octanol–water partition coefficient (Wildman–Crippen LogP) is 3.52. The summed E-state index contributed by atoms with van der Waals surface area (Å²) in [5, 5.41) is 0. The maximum absolute atomic E-state index is 7.48. The number of rotatable bonds is 4. The van der Waals surface area contributed by atoms with Gasteiger partial charge in [0.25, 0.3) is 0 Å². The first-order chi connectivity index (χ1) is 9.15. The van der Waals surface area contributed by atoms with Gasteiger partial charge in [0.1, 0.15) is 0 Å². The molecule has 1 heteroatoms. The molecule has 0 aromatic rings. The van der Waals surface area contributed by atoms with Crippen LogP contribution in [0.4, 0.5) is 0 Å². The van der Waals surface area contributed by atoms with Crippen molar-refractivity contribution in [1.82, 2.24) is 4.90 Å². The summed E-state index contributed by atoms with van der Waals surface area (Å²) in [5.74, 6) is 0. The van der Waals surface area contributed by atoms with Gasteiger partial charge in [-0.25, -0.2) is 0 Å². The van der Waals surface area contributed by atoms with Gasteiger partial charge in [0.2, 0.25) is 0 Å². The number of hydrogen-bond donors (Lipinski definition) is 0. The lowest BCUT2D eigenvalue weighted by molar-refractivity contribution is 0.522. The van der Waals surface area contributed by atoms with E-state index in [4.69, 9.17) is 6.58 Å². The second-order valence-electron chi connectivity index (χ2n) is 4.54. The average Bonchev–Trinajstić information content (AvgIpc) is 3.02. The molecule has 0 saturated heterocycles. The number of hydrogen-bond acceptors (Lipinski definition) is 1. The molecule has 2 aliphatic rings. The Labute approximate surface area is 114 Å². The van der Waals surface area contributed by atoms with Gasteiger partial charge in [-0.1, -0.05) is 17.9 Å². The Morgan fingerprint density at radius 1 is 1.11 bits per heavy atom. The first-order valence-corrected chi connectivity index (χ1v) is 6.11. The molecule has 0 N–H and O–H groups in total. The van der Waals surface area contributed by atoms with E-state index in [1.54, 1.807) is 0 Å². The van der Waals surface area contributed by atoms with Gasteiger partial charge in [0.05, 0.1) is 12.3 Å².